The highest BCUT2D eigenvalue weighted by Crippen LogP contribution is 1.75. The molecule has 3 nitrogen and oxygen atoms in total. The molecule has 0 rings (SSSR count). The van der Waals surface area contributed by atoms with Gasteiger partial charge in [0.15, 0.2) is 23.0 Å². The fourth-order valence-corrected chi connectivity index (χ4v) is 0.442. The lowest BCUT2D eigenvalue weighted by Crippen LogP contribution is -3.02. The molecule has 0 heterocycles. The van der Waals surface area contributed by atoms with E-state index in [2.05, 4.69) is 9.75 Å². The smallest absolute Gasteiger partial charge is 0.190 e. The highest BCUT2D eigenvalue weighted by molar-refractivity contribution is 14.1. The third-order valence-corrected chi connectivity index (χ3v) is 0.819. The number of hydrogen-bond donors (Lipinski definition) is 1. The van der Waals surface area contributed by atoms with E-state index in [1.165, 1.54) is 23.0 Å². The van der Waals surface area contributed by atoms with Crippen molar-refractivity contribution in [2.24, 2.45) is 0 Å². The van der Waals surface area contributed by atoms with Crippen molar-refractivity contribution >= 4 is 23.0 Å². The van der Waals surface area contributed by atoms with E-state index in [9.17, 15) is 5.21 Å². The molecule has 0 spiro atoms. The van der Waals surface area contributed by atoms with Crippen LogP contribution < -0.4 is 5.23 Å². The highest BCUT2D eigenvalue weighted by Gasteiger charge is 1.91. The number of rotatable bonds is 2. The van der Waals surface area contributed by atoms with Crippen LogP contribution in [0.3, 0.4) is 0 Å². The summed E-state index contributed by atoms with van der Waals surface area (Å²) in [5, 5.41) is 9.82. The van der Waals surface area contributed by atoms with Gasteiger partial charge in [-0.25, -0.2) is 0 Å². The summed E-state index contributed by atoms with van der Waals surface area (Å²) in [5.74, 6) is 0. The van der Waals surface area contributed by atoms with Gasteiger partial charge in [0, 0.05) is 6.92 Å². The maximum atomic E-state index is 10.2. The van der Waals surface area contributed by atoms with Crippen LogP contribution in [0, 0.1) is 5.21 Å². The minimum Gasteiger partial charge on any atom is -0.594 e. The summed E-state index contributed by atoms with van der Waals surface area (Å²) >= 11 is 1.52. The van der Waals surface area contributed by atoms with Crippen molar-refractivity contribution in [2.75, 3.05) is 0 Å². The SMILES string of the molecule is C=C(C)[NH+]([O-])OI. The summed E-state index contributed by atoms with van der Waals surface area (Å²) in [6, 6.07) is 0. The van der Waals surface area contributed by atoms with E-state index >= 15 is 0 Å². The molecule has 0 aliphatic rings. The lowest BCUT2D eigenvalue weighted by Gasteiger charge is -2.12. The van der Waals surface area contributed by atoms with Gasteiger partial charge in [-0.3, -0.25) is 0 Å². The first kappa shape index (κ1) is 7.35. The van der Waals surface area contributed by atoms with E-state index in [0.29, 0.717) is 5.70 Å². The third kappa shape index (κ3) is 2.98. The van der Waals surface area contributed by atoms with Gasteiger partial charge in [0.2, 0.25) is 0 Å². The van der Waals surface area contributed by atoms with E-state index in [1.54, 1.807) is 6.92 Å². The van der Waals surface area contributed by atoms with Crippen molar-refractivity contribution < 1.29 is 8.39 Å². The third-order valence-electron chi connectivity index (χ3n) is 0.419. The molecule has 0 aromatic rings. The van der Waals surface area contributed by atoms with Crippen molar-refractivity contribution in [3.05, 3.63) is 17.5 Å². The minimum atomic E-state index is -0.361. The van der Waals surface area contributed by atoms with Gasteiger partial charge in [-0.2, -0.15) is 5.23 Å². The quantitative estimate of drug-likeness (QED) is 0.527. The number of nitrogens with one attached hydrogen (secondary N) is 1. The predicted molar refractivity (Wildman–Crippen MR) is 34.2 cm³/mol. The standard InChI is InChI=1S/C3H6INO2/c1-3(2)5(6)7-4/h5H,1H2,2H3. The van der Waals surface area contributed by atoms with Crippen LogP contribution in [0.5, 0.6) is 0 Å². The monoisotopic (exact) mass is 215 g/mol. The number of halogens is 1. The maximum Gasteiger partial charge on any atom is 0.190 e. The van der Waals surface area contributed by atoms with Gasteiger partial charge in [0.05, 0.1) is 0 Å². The highest BCUT2D eigenvalue weighted by atomic mass is 127. The second-order valence-electron chi connectivity index (χ2n) is 1.14. The summed E-state index contributed by atoms with van der Waals surface area (Å²) in [5.41, 5.74) is 0.425. The molecule has 1 unspecified atom stereocenters. The van der Waals surface area contributed by atoms with E-state index in [4.69, 9.17) is 0 Å². The van der Waals surface area contributed by atoms with E-state index in [1.807, 2.05) is 0 Å². The van der Waals surface area contributed by atoms with Gasteiger partial charge < -0.3 is 5.21 Å². The zero-order valence-corrected chi connectivity index (χ0v) is 6.06. The Balaban J connectivity index is 3.34. The molecule has 0 radical (unpaired) electrons. The molecule has 0 fully saturated rings. The summed E-state index contributed by atoms with van der Waals surface area (Å²) < 4.78 is 4.24. The molecule has 0 amide bonds. The van der Waals surface area contributed by atoms with Crippen LogP contribution in [0.2, 0.25) is 0 Å². The normalized spacial score (nSPS) is 13.6. The molecular formula is C3H6INO2. The predicted octanol–water partition coefficient (Wildman–Crippen LogP) is 0.184. The van der Waals surface area contributed by atoms with Gasteiger partial charge in [-0.05, 0) is 6.58 Å². The van der Waals surface area contributed by atoms with Crippen LogP contribution >= 0.6 is 23.0 Å². The molecule has 0 aliphatic heterocycles. The molecule has 42 valence electrons. The molecule has 0 bridgehead atoms. The number of quaternary nitrogens is 1. The molecule has 1 N–H and O–H groups in total. The molecular weight excluding hydrogens is 209 g/mol. The second-order valence-corrected chi connectivity index (χ2v) is 1.59. The van der Waals surface area contributed by atoms with Crippen LogP contribution in [0.15, 0.2) is 12.3 Å². The first-order valence-corrected chi connectivity index (χ1v) is 2.55. The maximum absolute atomic E-state index is 10.2. The lowest BCUT2D eigenvalue weighted by molar-refractivity contribution is -0.976. The number of hydroxylamine groups is 2. The molecule has 0 saturated heterocycles. The van der Waals surface area contributed by atoms with Gasteiger partial charge in [-0.1, -0.05) is 0 Å². The summed E-state index contributed by atoms with van der Waals surface area (Å²) in [4.78, 5) is 0. The number of allylic oxidation sites excluding steroid dienone is 1. The molecule has 0 saturated carbocycles. The summed E-state index contributed by atoms with van der Waals surface area (Å²) in [6.07, 6.45) is 0. The van der Waals surface area contributed by atoms with E-state index in [-0.39, 0.29) is 5.23 Å². The Bertz CT molecular complexity index is 75.3. The Morgan fingerprint density at radius 3 is 2.43 bits per heavy atom. The Labute approximate surface area is 56.2 Å². The summed E-state index contributed by atoms with van der Waals surface area (Å²) in [7, 11) is 0. The second kappa shape index (κ2) is 3.36. The zero-order valence-electron chi connectivity index (χ0n) is 3.90. The van der Waals surface area contributed by atoms with Crippen molar-refractivity contribution in [3.8, 4) is 0 Å². The largest absolute Gasteiger partial charge is 0.594 e. The molecule has 4 heteroatoms. The average molecular weight is 215 g/mol. The van der Waals surface area contributed by atoms with Gasteiger partial charge >= 0.3 is 0 Å². The fourth-order valence-electron chi connectivity index (χ4n) is 0.0659. The fraction of sp³-hybridized carbons (Fsp3) is 0.333. The van der Waals surface area contributed by atoms with Gasteiger partial charge in [-0.15, -0.1) is 3.17 Å². The van der Waals surface area contributed by atoms with Crippen LogP contribution in [0.4, 0.5) is 0 Å². The first-order valence-electron chi connectivity index (χ1n) is 1.67. The van der Waals surface area contributed by atoms with Gasteiger partial charge in [0.1, 0.15) is 5.70 Å². The molecule has 0 aliphatic carbocycles. The van der Waals surface area contributed by atoms with Crippen LogP contribution in [0.1, 0.15) is 6.92 Å². The van der Waals surface area contributed by atoms with Crippen molar-refractivity contribution in [1.82, 2.24) is 0 Å². The Morgan fingerprint density at radius 1 is 2.00 bits per heavy atom. The van der Waals surface area contributed by atoms with Crippen molar-refractivity contribution in [3.63, 3.8) is 0 Å². The van der Waals surface area contributed by atoms with Crippen molar-refractivity contribution in [1.29, 1.82) is 0 Å². The Kier molecular flexibility index (Phi) is 3.53. The average Bonchev–Trinajstić information content (AvgIpc) is 1.65. The molecule has 0 aromatic heterocycles. The molecule has 1 atom stereocenters. The molecule has 0 aromatic carbocycles. The Hall–Kier alpha value is 0.350. The van der Waals surface area contributed by atoms with Crippen LogP contribution in [-0.4, -0.2) is 0 Å². The van der Waals surface area contributed by atoms with Crippen LogP contribution in [0.25, 0.3) is 0 Å². The topological polar surface area (TPSA) is 36.7 Å². The Morgan fingerprint density at radius 2 is 2.43 bits per heavy atom. The number of hydrogen-bond acceptors (Lipinski definition) is 2. The van der Waals surface area contributed by atoms with E-state index in [0.717, 1.165) is 0 Å². The minimum absolute atomic E-state index is 0.361. The van der Waals surface area contributed by atoms with Gasteiger partial charge in [0.25, 0.3) is 0 Å². The van der Waals surface area contributed by atoms with E-state index < -0.39 is 0 Å². The van der Waals surface area contributed by atoms with Crippen LogP contribution in [-0.2, 0) is 3.17 Å². The zero-order chi connectivity index (χ0) is 5.86. The lowest BCUT2D eigenvalue weighted by atomic mass is 10.6. The summed E-state index contributed by atoms with van der Waals surface area (Å²) in [6.45, 7) is 4.94. The first-order chi connectivity index (χ1) is 3.18. The van der Waals surface area contributed by atoms with Crippen molar-refractivity contribution in [2.45, 2.75) is 6.92 Å². The molecule has 7 heavy (non-hydrogen) atoms.